The monoisotopic (exact) mass is 277 g/mol. The Morgan fingerprint density at radius 1 is 1.56 bits per heavy atom. The van der Waals surface area contributed by atoms with Crippen molar-refractivity contribution in [3.63, 3.8) is 0 Å². The minimum absolute atomic E-state index is 0. The number of halogens is 1. The summed E-state index contributed by atoms with van der Waals surface area (Å²) in [6.45, 7) is 5.21. The second-order valence-electron chi connectivity index (χ2n) is 5.20. The molecule has 2 fully saturated rings. The normalized spacial score (nSPS) is 26.2. The highest BCUT2D eigenvalue weighted by Gasteiger charge is 2.32. The van der Waals surface area contributed by atoms with E-state index in [0.717, 1.165) is 25.7 Å². The Hall–Kier alpha value is -0.360. The largest absolute Gasteiger partial charge is 0.374 e. The molecule has 0 aromatic heterocycles. The standard InChI is InChI=1S/C12H23N3O2.ClH/c1-9(13)6-12(16)14-7-11-8-15(4-5-17-11)10-2-3-10;/h9-11H,2-8,13H2,1H3,(H,14,16);1H. The minimum atomic E-state index is -0.0785. The number of hydrogen-bond acceptors (Lipinski definition) is 4. The van der Waals surface area contributed by atoms with Gasteiger partial charge in [-0.2, -0.15) is 0 Å². The topological polar surface area (TPSA) is 67.6 Å². The SMILES string of the molecule is CC(N)CC(=O)NCC1CN(C2CC2)CCO1.Cl. The summed E-state index contributed by atoms with van der Waals surface area (Å²) in [5.41, 5.74) is 5.57. The molecule has 0 aromatic rings. The number of rotatable bonds is 5. The second-order valence-corrected chi connectivity index (χ2v) is 5.20. The molecule has 0 aromatic carbocycles. The van der Waals surface area contributed by atoms with Gasteiger partial charge in [-0.25, -0.2) is 0 Å². The maximum Gasteiger partial charge on any atom is 0.221 e. The van der Waals surface area contributed by atoms with Crippen LogP contribution in [0.4, 0.5) is 0 Å². The number of hydrogen-bond donors (Lipinski definition) is 2. The van der Waals surface area contributed by atoms with Crippen LogP contribution in [-0.2, 0) is 9.53 Å². The molecule has 2 aliphatic rings. The van der Waals surface area contributed by atoms with Crippen LogP contribution >= 0.6 is 12.4 Å². The Morgan fingerprint density at radius 3 is 2.89 bits per heavy atom. The number of morpholine rings is 1. The molecule has 3 N–H and O–H groups in total. The molecule has 2 unspecified atom stereocenters. The van der Waals surface area contributed by atoms with Crippen LogP contribution in [0, 0.1) is 0 Å². The molecule has 106 valence electrons. The third-order valence-corrected chi connectivity index (χ3v) is 3.27. The van der Waals surface area contributed by atoms with Crippen LogP contribution in [0.25, 0.3) is 0 Å². The molecular formula is C12H24ClN3O2. The molecule has 1 heterocycles. The molecular weight excluding hydrogens is 254 g/mol. The number of nitrogens with zero attached hydrogens (tertiary/aromatic N) is 1. The quantitative estimate of drug-likeness (QED) is 0.749. The van der Waals surface area contributed by atoms with Gasteiger partial charge in [-0.05, 0) is 19.8 Å². The number of carbonyl (C=O) groups is 1. The van der Waals surface area contributed by atoms with E-state index < -0.39 is 0 Å². The predicted molar refractivity (Wildman–Crippen MR) is 72.9 cm³/mol. The minimum Gasteiger partial charge on any atom is -0.374 e. The number of amides is 1. The summed E-state index contributed by atoms with van der Waals surface area (Å²) in [5, 5.41) is 2.89. The van der Waals surface area contributed by atoms with Crippen LogP contribution in [0.5, 0.6) is 0 Å². The zero-order valence-corrected chi connectivity index (χ0v) is 11.7. The van der Waals surface area contributed by atoms with Crippen molar-refractivity contribution in [2.24, 2.45) is 5.73 Å². The fourth-order valence-electron chi connectivity index (χ4n) is 2.23. The molecule has 1 aliphatic carbocycles. The van der Waals surface area contributed by atoms with Gasteiger partial charge in [0.1, 0.15) is 0 Å². The number of nitrogens with two attached hydrogens (primary N) is 1. The van der Waals surface area contributed by atoms with Gasteiger partial charge in [0.2, 0.25) is 5.91 Å². The Balaban J connectivity index is 0.00000162. The Morgan fingerprint density at radius 2 is 2.28 bits per heavy atom. The molecule has 0 bridgehead atoms. The first-order valence-corrected chi connectivity index (χ1v) is 6.53. The second kappa shape index (κ2) is 7.28. The van der Waals surface area contributed by atoms with Crippen LogP contribution < -0.4 is 11.1 Å². The van der Waals surface area contributed by atoms with Crippen LogP contribution in [0.1, 0.15) is 26.2 Å². The molecule has 0 radical (unpaired) electrons. The highest BCUT2D eigenvalue weighted by Crippen LogP contribution is 2.27. The third kappa shape index (κ3) is 5.10. The lowest BCUT2D eigenvalue weighted by molar-refractivity contribution is -0.122. The average molecular weight is 278 g/mol. The first kappa shape index (κ1) is 15.7. The zero-order chi connectivity index (χ0) is 12.3. The van der Waals surface area contributed by atoms with E-state index in [2.05, 4.69) is 10.2 Å². The summed E-state index contributed by atoms with van der Waals surface area (Å²) >= 11 is 0. The number of nitrogens with one attached hydrogen (secondary N) is 1. The van der Waals surface area contributed by atoms with Crippen molar-refractivity contribution in [2.45, 2.75) is 44.4 Å². The van der Waals surface area contributed by atoms with Gasteiger partial charge in [0.15, 0.2) is 0 Å². The fraction of sp³-hybridized carbons (Fsp3) is 0.917. The van der Waals surface area contributed by atoms with Crippen molar-refractivity contribution in [1.29, 1.82) is 0 Å². The maximum atomic E-state index is 11.5. The number of carbonyl (C=O) groups excluding carboxylic acids is 1. The lowest BCUT2D eigenvalue weighted by Gasteiger charge is -2.33. The molecule has 0 spiro atoms. The van der Waals surface area contributed by atoms with Crippen LogP contribution in [-0.4, -0.2) is 55.2 Å². The summed E-state index contributed by atoms with van der Waals surface area (Å²) in [7, 11) is 0. The average Bonchev–Trinajstić information content (AvgIpc) is 3.10. The van der Waals surface area contributed by atoms with Crippen LogP contribution in [0.2, 0.25) is 0 Å². The molecule has 6 heteroatoms. The molecule has 1 saturated heterocycles. The third-order valence-electron chi connectivity index (χ3n) is 3.27. The van der Waals surface area contributed by atoms with Crippen molar-refractivity contribution in [3.8, 4) is 0 Å². The van der Waals surface area contributed by atoms with Crippen molar-refractivity contribution >= 4 is 18.3 Å². The van der Waals surface area contributed by atoms with Gasteiger partial charge < -0.3 is 15.8 Å². The lowest BCUT2D eigenvalue weighted by Crippen LogP contribution is -2.48. The Bertz CT molecular complexity index is 272. The highest BCUT2D eigenvalue weighted by molar-refractivity contribution is 5.85. The molecule has 5 nitrogen and oxygen atoms in total. The van der Waals surface area contributed by atoms with E-state index >= 15 is 0 Å². The lowest BCUT2D eigenvalue weighted by atomic mass is 10.2. The van der Waals surface area contributed by atoms with Gasteiger partial charge in [0.05, 0.1) is 12.7 Å². The zero-order valence-electron chi connectivity index (χ0n) is 10.9. The van der Waals surface area contributed by atoms with Gasteiger partial charge >= 0.3 is 0 Å². The van der Waals surface area contributed by atoms with E-state index in [4.69, 9.17) is 10.5 Å². The summed E-state index contributed by atoms with van der Waals surface area (Å²) in [6, 6.07) is 0.700. The molecule has 1 aliphatic heterocycles. The predicted octanol–water partition coefficient (Wildman–Crippen LogP) is 0.125. The van der Waals surface area contributed by atoms with Crippen molar-refractivity contribution in [1.82, 2.24) is 10.2 Å². The van der Waals surface area contributed by atoms with Crippen molar-refractivity contribution < 1.29 is 9.53 Å². The van der Waals surface area contributed by atoms with Gasteiger partial charge in [-0.1, -0.05) is 0 Å². The fourth-order valence-corrected chi connectivity index (χ4v) is 2.23. The van der Waals surface area contributed by atoms with E-state index in [1.807, 2.05) is 6.92 Å². The maximum absolute atomic E-state index is 11.5. The first-order valence-electron chi connectivity index (χ1n) is 6.53. The van der Waals surface area contributed by atoms with E-state index in [1.165, 1.54) is 12.8 Å². The van der Waals surface area contributed by atoms with Gasteiger partial charge in [-0.15, -0.1) is 12.4 Å². The molecule has 1 saturated carbocycles. The first-order chi connectivity index (χ1) is 8.15. The van der Waals surface area contributed by atoms with E-state index in [9.17, 15) is 4.79 Å². The summed E-state index contributed by atoms with van der Waals surface area (Å²) in [6.07, 6.45) is 3.17. The van der Waals surface area contributed by atoms with Crippen LogP contribution in [0.15, 0.2) is 0 Å². The summed E-state index contributed by atoms with van der Waals surface area (Å²) in [5.74, 6) is 0.0205. The number of ether oxygens (including phenoxy) is 1. The van der Waals surface area contributed by atoms with Gasteiger partial charge in [0, 0.05) is 38.1 Å². The van der Waals surface area contributed by atoms with Gasteiger partial charge in [-0.3, -0.25) is 9.69 Å². The van der Waals surface area contributed by atoms with E-state index in [-0.39, 0.29) is 30.5 Å². The highest BCUT2D eigenvalue weighted by atomic mass is 35.5. The smallest absolute Gasteiger partial charge is 0.221 e. The molecule has 2 rings (SSSR count). The summed E-state index contributed by atoms with van der Waals surface area (Å²) in [4.78, 5) is 13.9. The summed E-state index contributed by atoms with van der Waals surface area (Å²) < 4.78 is 5.65. The van der Waals surface area contributed by atoms with E-state index in [1.54, 1.807) is 0 Å². The Labute approximate surface area is 115 Å². The van der Waals surface area contributed by atoms with Crippen molar-refractivity contribution in [3.05, 3.63) is 0 Å². The van der Waals surface area contributed by atoms with E-state index in [0.29, 0.717) is 13.0 Å². The van der Waals surface area contributed by atoms with Gasteiger partial charge in [0.25, 0.3) is 0 Å². The van der Waals surface area contributed by atoms with Crippen molar-refractivity contribution in [2.75, 3.05) is 26.2 Å². The molecule has 2 atom stereocenters. The van der Waals surface area contributed by atoms with Crippen LogP contribution in [0.3, 0.4) is 0 Å². The molecule has 18 heavy (non-hydrogen) atoms. The Kier molecular flexibility index (Phi) is 6.35. The molecule has 1 amide bonds.